The van der Waals surface area contributed by atoms with Crippen LogP contribution < -0.4 is 14.8 Å². The van der Waals surface area contributed by atoms with Gasteiger partial charge < -0.3 is 14.8 Å². The van der Waals surface area contributed by atoms with E-state index in [0.717, 1.165) is 35.9 Å². The average molecular weight is 580 g/mol. The number of benzene rings is 3. The number of hydrogen-bond donors (Lipinski definition) is 2. The van der Waals surface area contributed by atoms with Crippen molar-refractivity contribution in [3.8, 4) is 5.75 Å². The molecule has 0 spiro atoms. The number of hydrogen-bond acceptors (Lipinski definition) is 8. The molecule has 3 rings (SSSR count). The highest BCUT2D eigenvalue weighted by Crippen LogP contribution is 2.31. The number of nitrogens with zero attached hydrogens (tertiary/aromatic N) is 1. The van der Waals surface area contributed by atoms with E-state index in [9.17, 15) is 32.5 Å². The summed E-state index contributed by atoms with van der Waals surface area (Å²) >= 11 is 6.09. The molecule has 0 aromatic heterocycles. The molecule has 1 amide bonds. The Morgan fingerprint density at radius 2 is 1.79 bits per heavy atom. The number of ether oxygens (including phenoxy) is 2. The number of esters is 1. The van der Waals surface area contributed by atoms with Crippen molar-refractivity contribution in [2.45, 2.75) is 24.3 Å². The Labute approximate surface area is 228 Å². The highest BCUT2D eigenvalue weighted by atomic mass is 35.5. The number of amides is 1. The van der Waals surface area contributed by atoms with E-state index in [1.165, 1.54) is 32.2 Å². The van der Waals surface area contributed by atoms with E-state index >= 15 is 0 Å². The Bertz CT molecular complexity index is 1500. The van der Waals surface area contributed by atoms with Gasteiger partial charge in [0, 0.05) is 18.7 Å². The Balaban J connectivity index is 1.70. The number of anilines is 1. The normalized spacial score (nSPS) is 11.8. The van der Waals surface area contributed by atoms with Crippen LogP contribution in [0.3, 0.4) is 0 Å². The fourth-order valence-electron chi connectivity index (χ4n) is 3.32. The van der Waals surface area contributed by atoms with Crippen molar-refractivity contribution in [1.29, 1.82) is 0 Å². The van der Waals surface area contributed by atoms with Gasteiger partial charge in [0.2, 0.25) is 0 Å². The van der Waals surface area contributed by atoms with Crippen molar-refractivity contribution in [2.24, 2.45) is 0 Å². The van der Waals surface area contributed by atoms with Crippen molar-refractivity contribution in [3.05, 3.63) is 92.7 Å². The van der Waals surface area contributed by atoms with Gasteiger partial charge in [0.1, 0.15) is 11.6 Å². The molecule has 3 aromatic carbocycles. The van der Waals surface area contributed by atoms with Crippen LogP contribution in [0, 0.1) is 15.9 Å². The smallest absolute Gasteiger partial charge is 0.340 e. The molecular weight excluding hydrogens is 557 g/mol. The number of non-ortho nitro benzene ring substituents is 1. The Morgan fingerprint density at radius 1 is 1.10 bits per heavy atom. The fraction of sp³-hybridized carbons (Fsp3) is 0.200. The first kappa shape index (κ1) is 29.3. The molecule has 14 heteroatoms. The van der Waals surface area contributed by atoms with Crippen LogP contribution in [0.5, 0.6) is 5.75 Å². The average Bonchev–Trinajstić information content (AvgIpc) is 2.89. The van der Waals surface area contributed by atoms with E-state index in [1.807, 2.05) is 0 Å². The van der Waals surface area contributed by atoms with E-state index in [4.69, 9.17) is 21.1 Å². The van der Waals surface area contributed by atoms with Crippen LogP contribution in [0.15, 0.2) is 65.6 Å². The van der Waals surface area contributed by atoms with Gasteiger partial charge in [0.05, 0.1) is 33.2 Å². The number of nitrogens with one attached hydrogen (secondary N) is 2. The lowest BCUT2D eigenvalue weighted by Gasteiger charge is -2.15. The highest BCUT2D eigenvalue weighted by molar-refractivity contribution is 7.92. The minimum absolute atomic E-state index is 0.0250. The van der Waals surface area contributed by atoms with Gasteiger partial charge in [-0.25, -0.2) is 17.6 Å². The van der Waals surface area contributed by atoms with E-state index in [0.29, 0.717) is 6.42 Å². The first-order valence-electron chi connectivity index (χ1n) is 11.3. The summed E-state index contributed by atoms with van der Waals surface area (Å²) in [6.45, 7) is 1.53. The van der Waals surface area contributed by atoms with Gasteiger partial charge in [0.15, 0.2) is 6.10 Å². The third-order valence-electron chi connectivity index (χ3n) is 5.39. The molecular formula is C25H23ClFN3O8S. The molecule has 3 aromatic rings. The van der Waals surface area contributed by atoms with Gasteiger partial charge in [-0.15, -0.1) is 0 Å². The number of carbonyl (C=O) groups is 2. The summed E-state index contributed by atoms with van der Waals surface area (Å²) in [6.07, 6.45) is -0.824. The number of carbonyl (C=O) groups excluding carboxylic acids is 2. The predicted molar refractivity (Wildman–Crippen MR) is 140 cm³/mol. The van der Waals surface area contributed by atoms with Gasteiger partial charge in [-0.2, -0.15) is 0 Å². The summed E-state index contributed by atoms with van der Waals surface area (Å²) in [6, 6.07) is 12.4. The zero-order chi connectivity index (χ0) is 28.7. The quantitative estimate of drug-likeness (QED) is 0.195. The lowest BCUT2D eigenvalue weighted by Crippen LogP contribution is -2.37. The zero-order valence-corrected chi connectivity index (χ0v) is 22.2. The van der Waals surface area contributed by atoms with E-state index in [1.54, 1.807) is 12.1 Å². The second-order valence-corrected chi connectivity index (χ2v) is 10.2. The molecule has 0 bridgehead atoms. The molecule has 0 radical (unpaired) electrons. The summed E-state index contributed by atoms with van der Waals surface area (Å²) < 4.78 is 51.4. The number of methoxy groups -OCH3 is 1. The van der Waals surface area contributed by atoms with E-state index in [-0.39, 0.29) is 40.1 Å². The SMILES string of the molecule is COc1ccc([N+](=O)[O-])cc1NS(=O)(=O)c1ccc(Cl)c(C(=O)OC(C)C(=O)NCCc2ccc(F)cc2)c1. The van der Waals surface area contributed by atoms with Crippen LogP contribution in [0.2, 0.25) is 5.02 Å². The Hall–Kier alpha value is -4.23. The maximum absolute atomic E-state index is 13.0. The molecule has 0 aliphatic carbocycles. The predicted octanol–water partition coefficient (Wildman–Crippen LogP) is 4.10. The summed E-state index contributed by atoms with van der Waals surface area (Å²) in [5, 5.41) is 13.6. The van der Waals surface area contributed by atoms with Gasteiger partial charge in [-0.3, -0.25) is 19.6 Å². The molecule has 0 aliphatic heterocycles. The molecule has 0 saturated carbocycles. The van der Waals surface area contributed by atoms with Crippen molar-refractivity contribution in [3.63, 3.8) is 0 Å². The second-order valence-electron chi connectivity index (χ2n) is 8.10. The van der Waals surface area contributed by atoms with Crippen LogP contribution >= 0.6 is 11.6 Å². The van der Waals surface area contributed by atoms with Crippen LogP contribution in [-0.2, 0) is 26.0 Å². The number of nitro benzene ring substituents is 1. The van der Waals surface area contributed by atoms with Crippen molar-refractivity contribution in [2.75, 3.05) is 18.4 Å². The van der Waals surface area contributed by atoms with Crippen molar-refractivity contribution in [1.82, 2.24) is 5.32 Å². The summed E-state index contributed by atoms with van der Waals surface area (Å²) in [5.74, 6) is -2.01. The van der Waals surface area contributed by atoms with Crippen LogP contribution in [-0.4, -0.2) is 45.0 Å². The maximum Gasteiger partial charge on any atom is 0.340 e. The number of halogens is 2. The molecule has 1 atom stereocenters. The summed E-state index contributed by atoms with van der Waals surface area (Å²) in [4.78, 5) is 35.1. The first-order chi connectivity index (χ1) is 18.4. The van der Waals surface area contributed by atoms with Crippen LogP contribution in [0.1, 0.15) is 22.8 Å². The fourth-order valence-corrected chi connectivity index (χ4v) is 4.61. The minimum Gasteiger partial charge on any atom is -0.495 e. The lowest BCUT2D eigenvalue weighted by molar-refractivity contribution is -0.384. The lowest BCUT2D eigenvalue weighted by atomic mass is 10.1. The molecule has 0 fully saturated rings. The molecule has 2 N–H and O–H groups in total. The van der Waals surface area contributed by atoms with Crippen molar-refractivity contribution >= 4 is 44.9 Å². The number of rotatable bonds is 11. The highest BCUT2D eigenvalue weighted by Gasteiger charge is 2.24. The second kappa shape index (κ2) is 12.5. The monoisotopic (exact) mass is 579 g/mol. The third-order valence-corrected chi connectivity index (χ3v) is 7.08. The Morgan fingerprint density at radius 3 is 2.44 bits per heavy atom. The molecule has 0 heterocycles. The van der Waals surface area contributed by atoms with Crippen LogP contribution in [0.4, 0.5) is 15.8 Å². The molecule has 39 heavy (non-hydrogen) atoms. The van der Waals surface area contributed by atoms with Gasteiger partial charge in [0.25, 0.3) is 21.6 Å². The van der Waals surface area contributed by atoms with Crippen LogP contribution in [0.25, 0.3) is 0 Å². The van der Waals surface area contributed by atoms with Gasteiger partial charge >= 0.3 is 5.97 Å². The minimum atomic E-state index is -4.37. The van der Waals surface area contributed by atoms with E-state index < -0.39 is 37.8 Å². The third kappa shape index (κ3) is 7.65. The molecule has 206 valence electrons. The molecule has 0 saturated heterocycles. The number of nitro groups is 1. The molecule has 11 nitrogen and oxygen atoms in total. The molecule has 0 aliphatic rings. The summed E-state index contributed by atoms with van der Waals surface area (Å²) in [5.41, 5.74) is -0.102. The largest absolute Gasteiger partial charge is 0.495 e. The standard InChI is InChI=1S/C25H23ClFN3O8S/c1-15(24(31)28-12-11-16-3-5-17(27)6-4-16)38-25(32)20-14-19(8-9-21(20)26)39(35,36)29-22-13-18(30(33)34)7-10-23(22)37-2/h3-10,13-15,29H,11-12H2,1-2H3,(H,28,31). The Kier molecular flexibility index (Phi) is 9.43. The number of sulfonamides is 1. The summed E-state index contributed by atoms with van der Waals surface area (Å²) in [7, 11) is -3.11. The maximum atomic E-state index is 13.0. The molecule has 1 unspecified atom stereocenters. The van der Waals surface area contributed by atoms with Gasteiger partial charge in [-0.1, -0.05) is 23.7 Å². The topological polar surface area (TPSA) is 154 Å². The first-order valence-corrected chi connectivity index (χ1v) is 13.2. The van der Waals surface area contributed by atoms with Crippen molar-refractivity contribution < 1.29 is 36.8 Å². The van der Waals surface area contributed by atoms with E-state index in [2.05, 4.69) is 10.0 Å². The zero-order valence-electron chi connectivity index (χ0n) is 20.6. The van der Waals surface area contributed by atoms with Gasteiger partial charge in [-0.05, 0) is 55.3 Å².